The van der Waals surface area contributed by atoms with Gasteiger partial charge < -0.3 is 0 Å². The SMILES string of the molecule is CCC(Cc1ncccc1C)C(C)=O. The van der Waals surface area contributed by atoms with E-state index in [1.807, 2.05) is 26.0 Å². The van der Waals surface area contributed by atoms with Gasteiger partial charge in [0, 0.05) is 17.8 Å². The number of aromatic nitrogens is 1. The summed E-state index contributed by atoms with van der Waals surface area (Å²) >= 11 is 0. The normalized spacial score (nSPS) is 12.5. The molecule has 2 heteroatoms. The molecular weight excluding hydrogens is 174 g/mol. The lowest BCUT2D eigenvalue weighted by Crippen LogP contribution is -2.14. The number of hydrogen-bond donors (Lipinski definition) is 0. The monoisotopic (exact) mass is 191 g/mol. The van der Waals surface area contributed by atoms with Crippen LogP contribution in [0.15, 0.2) is 18.3 Å². The van der Waals surface area contributed by atoms with Gasteiger partial charge >= 0.3 is 0 Å². The van der Waals surface area contributed by atoms with Gasteiger partial charge in [-0.1, -0.05) is 13.0 Å². The lowest BCUT2D eigenvalue weighted by molar-refractivity contribution is -0.120. The van der Waals surface area contributed by atoms with E-state index in [0.29, 0.717) is 0 Å². The van der Waals surface area contributed by atoms with Gasteiger partial charge in [0.25, 0.3) is 0 Å². The van der Waals surface area contributed by atoms with Crippen LogP contribution in [0.1, 0.15) is 31.5 Å². The highest BCUT2D eigenvalue weighted by molar-refractivity contribution is 5.78. The van der Waals surface area contributed by atoms with Crippen LogP contribution in [-0.2, 0) is 11.2 Å². The Morgan fingerprint density at radius 2 is 2.29 bits per heavy atom. The summed E-state index contributed by atoms with van der Waals surface area (Å²) in [6, 6.07) is 3.96. The third-order valence-electron chi connectivity index (χ3n) is 2.63. The molecule has 1 unspecified atom stereocenters. The Bertz CT molecular complexity index is 320. The van der Waals surface area contributed by atoms with Gasteiger partial charge in [-0.25, -0.2) is 0 Å². The molecule has 0 saturated carbocycles. The van der Waals surface area contributed by atoms with Gasteiger partial charge in [0.2, 0.25) is 0 Å². The first kappa shape index (κ1) is 10.9. The average molecular weight is 191 g/mol. The molecule has 2 nitrogen and oxygen atoms in total. The van der Waals surface area contributed by atoms with Crippen molar-refractivity contribution in [1.82, 2.24) is 4.98 Å². The van der Waals surface area contributed by atoms with Crippen molar-refractivity contribution >= 4 is 5.78 Å². The number of pyridine rings is 1. The molecule has 0 amide bonds. The number of Topliss-reactive ketones (excluding diaryl/α,β-unsaturated/α-hetero) is 1. The molecular formula is C12H17NO. The molecule has 0 fully saturated rings. The van der Waals surface area contributed by atoms with Crippen LogP contribution >= 0.6 is 0 Å². The van der Waals surface area contributed by atoms with Crippen LogP contribution < -0.4 is 0 Å². The fourth-order valence-corrected chi connectivity index (χ4v) is 1.54. The lowest BCUT2D eigenvalue weighted by Gasteiger charge is -2.11. The zero-order chi connectivity index (χ0) is 10.6. The van der Waals surface area contributed by atoms with E-state index in [1.54, 1.807) is 13.1 Å². The minimum Gasteiger partial charge on any atom is -0.300 e. The number of ketones is 1. The first-order chi connectivity index (χ1) is 6.65. The molecule has 0 aliphatic heterocycles. The van der Waals surface area contributed by atoms with Crippen molar-refractivity contribution in [3.8, 4) is 0 Å². The van der Waals surface area contributed by atoms with Gasteiger partial charge in [-0.15, -0.1) is 0 Å². The Labute approximate surface area is 85.4 Å². The number of carbonyl (C=O) groups is 1. The average Bonchev–Trinajstić information content (AvgIpc) is 2.16. The van der Waals surface area contributed by atoms with Crippen molar-refractivity contribution in [3.05, 3.63) is 29.6 Å². The van der Waals surface area contributed by atoms with Crippen LogP contribution in [0.25, 0.3) is 0 Å². The van der Waals surface area contributed by atoms with Gasteiger partial charge in [-0.3, -0.25) is 9.78 Å². The van der Waals surface area contributed by atoms with E-state index in [4.69, 9.17) is 0 Å². The Hall–Kier alpha value is -1.18. The van der Waals surface area contributed by atoms with E-state index in [2.05, 4.69) is 4.98 Å². The maximum atomic E-state index is 11.3. The Kier molecular flexibility index (Phi) is 3.81. The number of hydrogen-bond acceptors (Lipinski definition) is 2. The van der Waals surface area contributed by atoms with Crippen LogP contribution in [0.5, 0.6) is 0 Å². The van der Waals surface area contributed by atoms with Gasteiger partial charge in [0.05, 0.1) is 0 Å². The van der Waals surface area contributed by atoms with E-state index < -0.39 is 0 Å². The molecule has 0 radical (unpaired) electrons. The van der Waals surface area contributed by atoms with Gasteiger partial charge in [0.1, 0.15) is 5.78 Å². The minimum atomic E-state index is 0.128. The number of carbonyl (C=O) groups excluding carboxylic acids is 1. The van der Waals surface area contributed by atoms with Gasteiger partial charge in [-0.2, -0.15) is 0 Å². The third-order valence-corrected chi connectivity index (χ3v) is 2.63. The van der Waals surface area contributed by atoms with Gasteiger partial charge in [-0.05, 0) is 38.3 Å². The molecule has 0 aliphatic rings. The van der Waals surface area contributed by atoms with Crippen molar-refractivity contribution in [2.45, 2.75) is 33.6 Å². The first-order valence-electron chi connectivity index (χ1n) is 5.06. The molecule has 1 aromatic rings. The highest BCUT2D eigenvalue weighted by atomic mass is 16.1. The minimum absolute atomic E-state index is 0.128. The predicted octanol–water partition coefficient (Wildman–Crippen LogP) is 2.55. The summed E-state index contributed by atoms with van der Waals surface area (Å²) in [5.41, 5.74) is 2.22. The van der Waals surface area contributed by atoms with Crippen molar-refractivity contribution in [3.63, 3.8) is 0 Å². The number of aryl methyl sites for hydroxylation is 1. The Morgan fingerprint density at radius 1 is 1.57 bits per heavy atom. The summed E-state index contributed by atoms with van der Waals surface area (Å²) in [6.07, 6.45) is 3.46. The molecule has 0 aliphatic carbocycles. The molecule has 1 heterocycles. The summed E-state index contributed by atoms with van der Waals surface area (Å²) in [5, 5.41) is 0. The van der Waals surface area contributed by atoms with Crippen LogP contribution in [0.4, 0.5) is 0 Å². The number of nitrogens with zero attached hydrogens (tertiary/aromatic N) is 1. The Morgan fingerprint density at radius 3 is 2.79 bits per heavy atom. The first-order valence-corrected chi connectivity index (χ1v) is 5.06. The van der Waals surface area contributed by atoms with Crippen molar-refractivity contribution in [2.24, 2.45) is 5.92 Å². The largest absolute Gasteiger partial charge is 0.300 e. The smallest absolute Gasteiger partial charge is 0.133 e. The molecule has 0 saturated heterocycles. The fourth-order valence-electron chi connectivity index (χ4n) is 1.54. The molecule has 1 rings (SSSR count). The highest BCUT2D eigenvalue weighted by Crippen LogP contribution is 2.14. The van der Waals surface area contributed by atoms with Gasteiger partial charge in [0.15, 0.2) is 0 Å². The van der Waals surface area contributed by atoms with Crippen LogP contribution in [0.2, 0.25) is 0 Å². The molecule has 0 bridgehead atoms. The zero-order valence-corrected chi connectivity index (χ0v) is 9.08. The van der Waals surface area contributed by atoms with E-state index in [0.717, 1.165) is 18.5 Å². The summed E-state index contributed by atoms with van der Waals surface area (Å²) < 4.78 is 0. The quantitative estimate of drug-likeness (QED) is 0.732. The van der Waals surface area contributed by atoms with Crippen molar-refractivity contribution in [1.29, 1.82) is 0 Å². The second kappa shape index (κ2) is 4.89. The van der Waals surface area contributed by atoms with Crippen molar-refractivity contribution < 1.29 is 4.79 Å². The third kappa shape index (κ3) is 2.66. The molecule has 1 aromatic heterocycles. The maximum Gasteiger partial charge on any atom is 0.133 e. The summed E-state index contributed by atoms with van der Waals surface area (Å²) in [7, 11) is 0. The molecule has 76 valence electrons. The molecule has 1 atom stereocenters. The van der Waals surface area contributed by atoms with E-state index in [-0.39, 0.29) is 11.7 Å². The Balaban J connectivity index is 2.77. The van der Waals surface area contributed by atoms with E-state index >= 15 is 0 Å². The molecule has 0 aromatic carbocycles. The molecule has 0 N–H and O–H groups in total. The van der Waals surface area contributed by atoms with E-state index in [9.17, 15) is 4.79 Å². The van der Waals surface area contributed by atoms with Crippen LogP contribution in [0, 0.1) is 12.8 Å². The second-order valence-electron chi connectivity index (χ2n) is 3.69. The van der Waals surface area contributed by atoms with Crippen LogP contribution in [-0.4, -0.2) is 10.8 Å². The summed E-state index contributed by atoms with van der Waals surface area (Å²) in [5.74, 6) is 0.390. The van der Waals surface area contributed by atoms with E-state index in [1.165, 1.54) is 5.56 Å². The van der Waals surface area contributed by atoms with Crippen molar-refractivity contribution in [2.75, 3.05) is 0 Å². The summed E-state index contributed by atoms with van der Waals surface area (Å²) in [4.78, 5) is 15.6. The molecule has 0 spiro atoms. The summed E-state index contributed by atoms with van der Waals surface area (Å²) in [6.45, 7) is 5.74. The maximum absolute atomic E-state index is 11.3. The number of rotatable bonds is 4. The highest BCUT2D eigenvalue weighted by Gasteiger charge is 2.13. The lowest BCUT2D eigenvalue weighted by atomic mass is 9.94. The predicted molar refractivity (Wildman–Crippen MR) is 57.1 cm³/mol. The fraction of sp³-hybridized carbons (Fsp3) is 0.500. The standard InChI is InChI=1S/C12H17NO/c1-4-11(10(3)14)8-12-9(2)6-5-7-13-12/h5-7,11H,4,8H2,1-3H3. The van der Waals surface area contributed by atoms with Crippen LogP contribution in [0.3, 0.4) is 0 Å². The molecule has 14 heavy (non-hydrogen) atoms. The topological polar surface area (TPSA) is 30.0 Å². The zero-order valence-electron chi connectivity index (χ0n) is 9.08. The second-order valence-corrected chi connectivity index (χ2v) is 3.69.